The van der Waals surface area contributed by atoms with Crippen molar-refractivity contribution in [2.75, 3.05) is 24.2 Å². The van der Waals surface area contributed by atoms with Crippen LogP contribution in [-0.2, 0) is 16.6 Å². The summed E-state index contributed by atoms with van der Waals surface area (Å²) in [6, 6.07) is 6.00. The van der Waals surface area contributed by atoms with Crippen molar-refractivity contribution in [1.29, 1.82) is 0 Å². The Morgan fingerprint density at radius 1 is 1.27 bits per heavy atom. The first kappa shape index (κ1) is 20.8. The van der Waals surface area contributed by atoms with Crippen LogP contribution < -0.4 is 10.8 Å². The van der Waals surface area contributed by atoms with Crippen molar-refractivity contribution in [3.05, 3.63) is 48.0 Å². The highest BCUT2D eigenvalue weighted by Crippen LogP contribution is 2.30. The first-order valence-corrected chi connectivity index (χ1v) is 12.0. The van der Waals surface area contributed by atoms with Crippen molar-refractivity contribution in [3.8, 4) is 0 Å². The molecule has 0 saturated carbocycles. The zero-order valence-corrected chi connectivity index (χ0v) is 18.3. The molecule has 0 spiro atoms. The Morgan fingerprint density at radius 3 is 2.77 bits per heavy atom. The van der Waals surface area contributed by atoms with Gasteiger partial charge in [-0.15, -0.1) is 0 Å². The number of nitrogens with one attached hydrogen (secondary N) is 1. The van der Waals surface area contributed by atoms with E-state index in [1.54, 1.807) is 10.5 Å². The van der Waals surface area contributed by atoms with E-state index in [4.69, 9.17) is 4.98 Å². The van der Waals surface area contributed by atoms with E-state index >= 15 is 0 Å². The highest BCUT2D eigenvalue weighted by molar-refractivity contribution is 7.89. The van der Waals surface area contributed by atoms with E-state index in [2.05, 4.69) is 21.5 Å². The first-order valence-electron chi connectivity index (χ1n) is 10.4. The van der Waals surface area contributed by atoms with E-state index in [9.17, 15) is 8.42 Å². The van der Waals surface area contributed by atoms with Crippen LogP contribution >= 0.6 is 0 Å². The fourth-order valence-corrected chi connectivity index (χ4v) is 5.48. The lowest BCUT2D eigenvalue weighted by Gasteiger charge is -2.31. The van der Waals surface area contributed by atoms with Gasteiger partial charge in [0.05, 0.1) is 5.75 Å². The Kier molecular flexibility index (Phi) is 6.05. The fraction of sp³-hybridized carbons (Fsp3) is 0.450. The summed E-state index contributed by atoms with van der Waals surface area (Å²) in [6.07, 6.45) is 7.63. The van der Waals surface area contributed by atoms with Crippen LogP contribution in [0.1, 0.15) is 43.4 Å². The van der Waals surface area contributed by atoms with Gasteiger partial charge in [-0.1, -0.05) is 13.0 Å². The molecule has 10 heteroatoms. The molecule has 30 heavy (non-hydrogen) atoms. The largest absolute Gasteiger partial charge is 0.366 e. The summed E-state index contributed by atoms with van der Waals surface area (Å²) in [5, 5.41) is 7.93. The number of fused-ring (bicyclic) bond motifs is 1. The van der Waals surface area contributed by atoms with Crippen LogP contribution in [0.15, 0.2) is 36.8 Å². The summed E-state index contributed by atoms with van der Waals surface area (Å²) in [4.78, 5) is 9.04. The molecule has 0 radical (unpaired) electrons. The molecule has 0 aliphatic carbocycles. The fourth-order valence-electron chi connectivity index (χ4n) is 3.94. The van der Waals surface area contributed by atoms with Crippen molar-refractivity contribution in [1.82, 2.24) is 23.9 Å². The lowest BCUT2D eigenvalue weighted by Crippen LogP contribution is -2.39. The number of hydrogen-bond donors (Lipinski definition) is 1. The molecule has 0 atom stereocenters. The Labute approximate surface area is 178 Å². The van der Waals surface area contributed by atoms with Gasteiger partial charge in [0.15, 0.2) is 5.65 Å². The second kappa shape index (κ2) is 8.73. The highest BCUT2D eigenvalue weighted by atomic mass is 32.2. The third-order valence-corrected chi connectivity index (χ3v) is 7.67. The van der Waals surface area contributed by atoms with Crippen molar-refractivity contribution >= 4 is 34.8 Å². The standard InChI is InChI=1S/C20H27BN6O2S/c1-2-10-30(28,29)26-8-5-16(6-9-26)18-11-19(23-13-15-4-3-7-22-12-15)27-20(25-18)17(21)14-24-27/h3-4,7,11-12,14,16,23H,2,5-6,8-10,13,21H2,1H3. The SMILES string of the molecule is Bc1cnn2c(NCc3cccnc3)cc(C3CCN(S(=O)(=O)CCC)CC3)nc12. The van der Waals surface area contributed by atoms with Crippen molar-refractivity contribution in [2.45, 2.75) is 38.6 Å². The number of hydrogen-bond acceptors (Lipinski definition) is 6. The summed E-state index contributed by atoms with van der Waals surface area (Å²) in [5.74, 6) is 1.34. The minimum absolute atomic E-state index is 0.222. The number of anilines is 1. The van der Waals surface area contributed by atoms with Crippen LogP contribution in [0.3, 0.4) is 0 Å². The monoisotopic (exact) mass is 426 g/mol. The van der Waals surface area contributed by atoms with Gasteiger partial charge in [0.2, 0.25) is 10.0 Å². The molecule has 0 amide bonds. The molecule has 0 aromatic carbocycles. The Morgan fingerprint density at radius 2 is 2.07 bits per heavy atom. The Hall–Kier alpha value is -2.46. The van der Waals surface area contributed by atoms with Crippen molar-refractivity contribution in [2.24, 2.45) is 0 Å². The number of piperidine rings is 1. The van der Waals surface area contributed by atoms with Crippen LogP contribution in [0.4, 0.5) is 5.82 Å². The summed E-state index contributed by atoms with van der Waals surface area (Å²) in [6.45, 7) is 3.64. The van der Waals surface area contributed by atoms with Crippen molar-refractivity contribution < 1.29 is 8.42 Å². The third kappa shape index (κ3) is 4.34. The number of nitrogens with zero attached hydrogens (tertiary/aromatic N) is 5. The highest BCUT2D eigenvalue weighted by Gasteiger charge is 2.29. The molecule has 1 aliphatic heterocycles. The molecule has 0 unspecified atom stereocenters. The minimum Gasteiger partial charge on any atom is -0.366 e. The molecule has 158 valence electrons. The smallest absolute Gasteiger partial charge is 0.214 e. The van der Waals surface area contributed by atoms with Gasteiger partial charge >= 0.3 is 0 Å². The summed E-state index contributed by atoms with van der Waals surface area (Å²) in [5.41, 5.74) is 3.93. The number of sulfonamides is 1. The van der Waals surface area contributed by atoms with Gasteiger partial charge in [0.25, 0.3) is 0 Å². The lowest BCUT2D eigenvalue weighted by molar-refractivity contribution is 0.316. The van der Waals surface area contributed by atoms with Gasteiger partial charge in [-0.05, 0) is 36.4 Å². The van der Waals surface area contributed by atoms with Gasteiger partial charge in [-0.3, -0.25) is 4.98 Å². The first-order chi connectivity index (χ1) is 14.5. The summed E-state index contributed by atoms with van der Waals surface area (Å²) >= 11 is 0. The van der Waals surface area contributed by atoms with Crippen LogP contribution in [0.2, 0.25) is 0 Å². The quantitative estimate of drug-likeness (QED) is 0.565. The van der Waals surface area contributed by atoms with E-state index in [1.807, 2.05) is 43.8 Å². The van der Waals surface area contributed by atoms with Gasteiger partial charge in [0.1, 0.15) is 13.7 Å². The maximum absolute atomic E-state index is 12.4. The maximum atomic E-state index is 12.4. The molecule has 3 aromatic rings. The molecule has 1 N–H and O–H groups in total. The molecular weight excluding hydrogens is 399 g/mol. The van der Waals surface area contributed by atoms with Gasteiger partial charge in [-0.25, -0.2) is 17.7 Å². The minimum atomic E-state index is -3.14. The molecule has 1 saturated heterocycles. The van der Waals surface area contributed by atoms with E-state index in [-0.39, 0.29) is 11.7 Å². The predicted octanol–water partition coefficient (Wildman–Crippen LogP) is 0.914. The number of aromatic nitrogens is 4. The normalized spacial score (nSPS) is 16.2. The second-order valence-electron chi connectivity index (χ2n) is 7.83. The van der Waals surface area contributed by atoms with E-state index in [0.29, 0.717) is 26.1 Å². The Balaban J connectivity index is 1.55. The van der Waals surface area contributed by atoms with E-state index in [1.165, 1.54) is 0 Å². The average molecular weight is 426 g/mol. The molecule has 4 rings (SSSR count). The predicted molar refractivity (Wildman–Crippen MR) is 120 cm³/mol. The summed E-state index contributed by atoms with van der Waals surface area (Å²) < 4.78 is 28.2. The van der Waals surface area contributed by atoms with Crippen LogP contribution in [0.25, 0.3) is 5.65 Å². The second-order valence-corrected chi connectivity index (χ2v) is 9.92. The zero-order chi connectivity index (χ0) is 21.1. The van der Waals surface area contributed by atoms with Crippen LogP contribution in [-0.4, -0.2) is 59.0 Å². The average Bonchev–Trinajstić information content (AvgIpc) is 3.14. The maximum Gasteiger partial charge on any atom is 0.214 e. The molecule has 8 nitrogen and oxygen atoms in total. The topological polar surface area (TPSA) is 92.5 Å². The Bertz CT molecular complexity index is 1110. The molecule has 4 heterocycles. The molecule has 1 aliphatic rings. The molecule has 1 fully saturated rings. The zero-order valence-electron chi connectivity index (χ0n) is 17.5. The molecule has 0 bridgehead atoms. The van der Waals surface area contributed by atoms with Crippen molar-refractivity contribution in [3.63, 3.8) is 0 Å². The molecular formula is C20H27BN6O2S. The lowest BCUT2D eigenvalue weighted by atomic mass is 9.94. The number of rotatable bonds is 7. The van der Waals surface area contributed by atoms with Gasteiger partial charge in [-0.2, -0.15) is 9.61 Å². The van der Waals surface area contributed by atoms with E-state index in [0.717, 1.165) is 41.0 Å². The number of pyridine rings is 1. The van der Waals surface area contributed by atoms with Crippen LogP contribution in [0.5, 0.6) is 0 Å². The molecule has 3 aromatic heterocycles. The van der Waals surface area contributed by atoms with Gasteiger partial charge < -0.3 is 5.32 Å². The third-order valence-electron chi connectivity index (χ3n) is 5.59. The van der Waals surface area contributed by atoms with E-state index < -0.39 is 10.0 Å². The van der Waals surface area contributed by atoms with Gasteiger partial charge in [0, 0.05) is 55.9 Å². The summed E-state index contributed by atoms with van der Waals surface area (Å²) in [7, 11) is -1.13. The van der Waals surface area contributed by atoms with Crippen LogP contribution in [0, 0.1) is 0 Å².